The summed E-state index contributed by atoms with van der Waals surface area (Å²) >= 11 is 1.54. The van der Waals surface area contributed by atoms with Crippen LogP contribution in [0.1, 0.15) is 28.1 Å². The van der Waals surface area contributed by atoms with E-state index in [2.05, 4.69) is 5.32 Å². The van der Waals surface area contributed by atoms with Gasteiger partial charge >= 0.3 is 0 Å². The van der Waals surface area contributed by atoms with E-state index in [1.165, 1.54) is 12.8 Å². The molecular formula is C13H20N2OS. The molecule has 0 spiro atoms. The summed E-state index contributed by atoms with van der Waals surface area (Å²) in [5, 5.41) is 5.37. The van der Waals surface area contributed by atoms with Crippen molar-refractivity contribution in [1.29, 1.82) is 0 Å². The van der Waals surface area contributed by atoms with Gasteiger partial charge in [-0.05, 0) is 55.8 Å². The third kappa shape index (κ3) is 3.07. The van der Waals surface area contributed by atoms with Crippen LogP contribution in [0.4, 0.5) is 0 Å². The van der Waals surface area contributed by atoms with E-state index >= 15 is 0 Å². The van der Waals surface area contributed by atoms with Crippen molar-refractivity contribution in [3.63, 3.8) is 0 Å². The fourth-order valence-corrected chi connectivity index (χ4v) is 3.23. The van der Waals surface area contributed by atoms with Gasteiger partial charge in [0.2, 0.25) is 0 Å². The van der Waals surface area contributed by atoms with Crippen molar-refractivity contribution in [3.8, 4) is 0 Å². The van der Waals surface area contributed by atoms with Crippen molar-refractivity contribution >= 4 is 17.2 Å². The van der Waals surface area contributed by atoms with E-state index in [4.69, 9.17) is 0 Å². The van der Waals surface area contributed by atoms with Gasteiger partial charge in [0.05, 0.1) is 4.88 Å². The Labute approximate surface area is 107 Å². The van der Waals surface area contributed by atoms with Crippen LogP contribution in [0.25, 0.3) is 0 Å². The van der Waals surface area contributed by atoms with Gasteiger partial charge in [0.1, 0.15) is 0 Å². The Morgan fingerprint density at radius 3 is 3.06 bits per heavy atom. The molecule has 1 fully saturated rings. The average Bonchev–Trinajstić information content (AvgIpc) is 2.76. The third-order valence-electron chi connectivity index (χ3n) is 3.33. The van der Waals surface area contributed by atoms with Gasteiger partial charge in [-0.15, -0.1) is 11.3 Å². The van der Waals surface area contributed by atoms with Crippen molar-refractivity contribution in [2.45, 2.75) is 19.8 Å². The van der Waals surface area contributed by atoms with Gasteiger partial charge < -0.3 is 10.2 Å². The topological polar surface area (TPSA) is 32.3 Å². The summed E-state index contributed by atoms with van der Waals surface area (Å²) in [5.74, 6) is 0.779. The number of nitrogens with zero attached hydrogens (tertiary/aromatic N) is 1. The van der Waals surface area contributed by atoms with Crippen LogP contribution >= 0.6 is 11.3 Å². The zero-order chi connectivity index (χ0) is 12.3. The zero-order valence-corrected chi connectivity index (χ0v) is 11.3. The summed E-state index contributed by atoms with van der Waals surface area (Å²) in [6.07, 6.45) is 2.46. The second kappa shape index (κ2) is 5.65. The molecule has 2 heterocycles. The van der Waals surface area contributed by atoms with E-state index in [9.17, 15) is 4.79 Å². The number of piperidine rings is 1. The standard InChI is InChI=1S/C13H20N2OS/c1-10-5-7-17-12(10)13(16)15(2)9-11-4-3-6-14-8-11/h5,7,11,14H,3-4,6,8-9H2,1-2H3/t11-/m0/s1. The number of carbonyl (C=O) groups is 1. The Morgan fingerprint density at radius 2 is 2.47 bits per heavy atom. The molecule has 1 aromatic rings. The molecule has 0 unspecified atom stereocenters. The predicted molar refractivity (Wildman–Crippen MR) is 71.6 cm³/mol. The largest absolute Gasteiger partial charge is 0.341 e. The van der Waals surface area contributed by atoms with Crippen LogP contribution in [0.15, 0.2) is 11.4 Å². The van der Waals surface area contributed by atoms with E-state index in [-0.39, 0.29) is 5.91 Å². The number of aryl methyl sites for hydroxylation is 1. The maximum atomic E-state index is 12.2. The molecule has 1 atom stereocenters. The van der Waals surface area contributed by atoms with Crippen molar-refractivity contribution in [2.75, 3.05) is 26.7 Å². The normalized spacial score (nSPS) is 20.2. The lowest BCUT2D eigenvalue weighted by molar-refractivity contribution is 0.0769. The highest BCUT2D eigenvalue weighted by atomic mass is 32.1. The Bertz CT molecular complexity index is 383. The second-order valence-electron chi connectivity index (χ2n) is 4.83. The maximum Gasteiger partial charge on any atom is 0.263 e. The van der Waals surface area contributed by atoms with E-state index in [0.717, 1.165) is 30.1 Å². The molecule has 2 rings (SSSR count). The van der Waals surface area contributed by atoms with Crippen molar-refractivity contribution in [3.05, 3.63) is 21.9 Å². The highest BCUT2D eigenvalue weighted by molar-refractivity contribution is 7.12. The van der Waals surface area contributed by atoms with Gasteiger partial charge in [-0.1, -0.05) is 0 Å². The number of hydrogen-bond donors (Lipinski definition) is 1. The molecule has 0 aromatic carbocycles. The lowest BCUT2D eigenvalue weighted by Crippen LogP contribution is -2.39. The quantitative estimate of drug-likeness (QED) is 0.894. The number of amides is 1. The van der Waals surface area contributed by atoms with Crippen molar-refractivity contribution < 1.29 is 4.79 Å². The Balaban J connectivity index is 1.93. The lowest BCUT2D eigenvalue weighted by atomic mass is 9.99. The highest BCUT2D eigenvalue weighted by Gasteiger charge is 2.20. The maximum absolute atomic E-state index is 12.2. The molecule has 94 valence electrons. The van der Waals surface area contributed by atoms with Gasteiger partial charge in [-0.25, -0.2) is 0 Å². The molecule has 3 nitrogen and oxygen atoms in total. The van der Waals surface area contributed by atoms with Crippen LogP contribution in [-0.2, 0) is 0 Å². The summed E-state index contributed by atoms with van der Waals surface area (Å²) in [7, 11) is 1.91. The number of nitrogens with one attached hydrogen (secondary N) is 1. The van der Waals surface area contributed by atoms with E-state index in [1.807, 2.05) is 30.3 Å². The summed E-state index contributed by atoms with van der Waals surface area (Å²) in [5.41, 5.74) is 1.09. The predicted octanol–water partition coefficient (Wildman–Crippen LogP) is 2.13. The molecule has 0 saturated carbocycles. The third-order valence-corrected chi connectivity index (χ3v) is 4.34. The SMILES string of the molecule is Cc1ccsc1C(=O)N(C)C[C@H]1CCCNC1. The minimum atomic E-state index is 0.170. The fourth-order valence-electron chi connectivity index (χ4n) is 2.32. The molecule has 1 aliphatic rings. The summed E-state index contributed by atoms with van der Waals surface area (Å²) in [6, 6.07) is 2.01. The summed E-state index contributed by atoms with van der Waals surface area (Å²) in [4.78, 5) is 15.0. The van der Waals surface area contributed by atoms with Crippen LogP contribution in [-0.4, -0.2) is 37.5 Å². The molecule has 1 aliphatic heterocycles. The number of carbonyl (C=O) groups excluding carboxylic acids is 1. The first-order valence-corrected chi connectivity index (χ1v) is 7.06. The first-order chi connectivity index (χ1) is 8.18. The number of rotatable bonds is 3. The molecule has 1 saturated heterocycles. The van der Waals surface area contributed by atoms with Crippen molar-refractivity contribution in [1.82, 2.24) is 10.2 Å². The van der Waals surface area contributed by atoms with Crippen LogP contribution in [0.5, 0.6) is 0 Å². The van der Waals surface area contributed by atoms with Gasteiger partial charge in [0.25, 0.3) is 5.91 Å². The number of hydrogen-bond acceptors (Lipinski definition) is 3. The van der Waals surface area contributed by atoms with E-state index in [0.29, 0.717) is 5.92 Å². The van der Waals surface area contributed by atoms with Gasteiger partial charge in [0.15, 0.2) is 0 Å². The zero-order valence-electron chi connectivity index (χ0n) is 10.5. The van der Waals surface area contributed by atoms with Gasteiger partial charge in [-0.3, -0.25) is 4.79 Å². The van der Waals surface area contributed by atoms with Gasteiger partial charge in [0, 0.05) is 13.6 Å². The smallest absolute Gasteiger partial charge is 0.263 e. The Hall–Kier alpha value is -0.870. The first kappa shape index (κ1) is 12.6. The minimum absolute atomic E-state index is 0.170. The molecule has 1 N–H and O–H groups in total. The molecule has 1 amide bonds. The molecular weight excluding hydrogens is 232 g/mol. The van der Waals surface area contributed by atoms with Gasteiger partial charge in [-0.2, -0.15) is 0 Å². The minimum Gasteiger partial charge on any atom is -0.341 e. The highest BCUT2D eigenvalue weighted by Crippen LogP contribution is 2.19. The summed E-state index contributed by atoms with van der Waals surface area (Å²) in [6.45, 7) is 5.03. The van der Waals surface area contributed by atoms with Crippen LogP contribution in [0, 0.1) is 12.8 Å². The fraction of sp³-hybridized carbons (Fsp3) is 0.615. The summed E-state index contributed by atoms with van der Waals surface area (Å²) < 4.78 is 0. The second-order valence-corrected chi connectivity index (χ2v) is 5.75. The molecule has 4 heteroatoms. The molecule has 0 radical (unpaired) electrons. The van der Waals surface area contributed by atoms with Crippen LogP contribution in [0.2, 0.25) is 0 Å². The molecule has 17 heavy (non-hydrogen) atoms. The van der Waals surface area contributed by atoms with Crippen LogP contribution < -0.4 is 5.32 Å². The lowest BCUT2D eigenvalue weighted by Gasteiger charge is -2.27. The Morgan fingerprint density at radius 1 is 1.65 bits per heavy atom. The first-order valence-electron chi connectivity index (χ1n) is 6.18. The van der Waals surface area contributed by atoms with Crippen molar-refractivity contribution in [2.24, 2.45) is 5.92 Å². The van der Waals surface area contributed by atoms with Crippen LogP contribution in [0.3, 0.4) is 0 Å². The molecule has 0 bridgehead atoms. The average molecular weight is 252 g/mol. The molecule has 0 aliphatic carbocycles. The van der Waals surface area contributed by atoms with E-state index < -0.39 is 0 Å². The number of thiophene rings is 1. The molecule has 1 aromatic heterocycles. The monoisotopic (exact) mass is 252 g/mol. The van der Waals surface area contributed by atoms with E-state index in [1.54, 1.807) is 11.3 Å². The Kier molecular flexibility index (Phi) is 4.18.